The van der Waals surface area contributed by atoms with Crippen LogP contribution in [-0.2, 0) is 11.8 Å². The summed E-state index contributed by atoms with van der Waals surface area (Å²) in [5, 5.41) is 4.04. The van der Waals surface area contributed by atoms with Gasteiger partial charge in [0.1, 0.15) is 0 Å². The summed E-state index contributed by atoms with van der Waals surface area (Å²) in [6.45, 7) is 2.07. The summed E-state index contributed by atoms with van der Waals surface area (Å²) in [4.78, 5) is 12.4. The van der Waals surface area contributed by atoms with Crippen molar-refractivity contribution in [3.63, 3.8) is 0 Å². The van der Waals surface area contributed by atoms with Crippen molar-refractivity contribution < 1.29 is 4.79 Å². The van der Waals surface area contributed by atoms with E-state index in [0.717, 1.165) is 33.4 Å². The van der Waals surface area contributed by atoms with Gasteiger partial charge in [-0.1, -0.05) is 18.2 Å². The molecule has 0 atom stereocenters. The second-order valence-corrected chi connectivity index (χ2v) is 5.89. The molecular weight excluding hydrogens is 286 g/mol. The molecule has 0 spiro atoms. The Morgan fingerprint density at radius 3 is 2.78 bits per heavy atom. The van der Waals surface area contributed by atoms with Gasteiger partial charge in [0, 0.05) is 51.7 Å². The quantitative estimate of drug-likeness (QED) is 0.533. The van der Waals surface area contributed by atoms with E-state index in [1.165, 1.54) is 0 Å². The summed E-state index contributed by atoms with van der Waals surface area (Å²) < 4.78 is 2.15. The van der Waals surface area contributed by atoms with E-state index < -0.39 is 0 Å². The number of carbonyl (C=O) groups is 1. The van der Waals surface area contributed by atoms with Crippen LogP contribution < -0.4 is 11.1 Å². The summed E-state index contributed by atoms with van der Waals surface area (Å²) in [6, 6.07) is 13.7. The van der Waals surface area contributed by atoms with E-state index in [1.54, 1.807) is 6.07 Å². The molecule has 0 saturated heterocycles. The molecule has 1 aliphatic heterocycles. The number of aryl methyl sites for hydroxylation is 1. The van der Waals surface area contributed by atoms with Crippen molar-refractivity contribution in [3.05, 3.63) is 59.3 Å². The number of anilines is 2. The largest absolute Gasteiger partial charge is 0.399 e. The van der Waals surface area contributed by atoms with Crippen LogP contribution in [0.1, 0.15) is 16.8 Å². The fourth-order valence-corrected chi connectivity index (χ4v) is 3.23. The highest BCUT2D eigenvalue weighted by atomic mass is 16.2. The number of benzene rings is 2. The van der Waals surface area contributed by atoms with E-state index in [4.69, 9.17) is 5.73 Å². The average Bonchev–Trinajstić information content (AvgIpc) is 2.98. The van der Waals surface area contributed by atoms with Crippen LogP contribution in [0, 0.1) is 6.92 Å². The molecule has 3 N–H and O–H groups in total. The van der Waals surface area contributed by atoms with Gasteiger partial charge >= 0.3 is 0 Å². The van der Waals surface area contributed by atoms with Crippen molar-refractivity contribution >= 4 is 39.8 Å². The molecule has 0 bridgehead atoms. The first kappa shape index (κ1) is 13.6. The highest BCUT2D eigenvalue weighted by Crippen LogP contribution is 2.36. The van der Waals surface area contributed by atoms with Crippen LogP contribution in [0.5, 0.6) is 0 Å². The van der Waals surface area contributed by atoms with Gasteiger partial charge in [0.15, 0.2) is 0 Å². The normalized spacial score (nSPS) is 15.2. The molecule has 0 saturated carbocycles. The van der Waals surface area contributed by atoms with Gasteiger partial charge in [0.25, 0.3) is 5.91 Å². The maximum Gasteiger partial charge on any atom is 0.256 e. The molecule has 1 aromatic heterocycles. The molecule has 0 aliphatic carbocycles. The molecule has 2 heterocycles. The summed E-state index contributed by atoms with van der Waals surface area (Å²) in [5.74, 6) is -0.0852. The van der Waals surface area contributed by atoms with Gasteiger partial charge < -0.3 is 15.6 Å². The minimum absolute atomic E-state index is 0.0852. The number of nitrogens with two attached hydrogens (primary N) is 1. The van der Waals surface area contributed by atoms with Crippen molar-refractivity contribution in [1.82, 2.24) is 4.57 Å². The average molecular weight is 303 g/mol. The van der Waals surface area contributed by atoms with Crippen LogP contribution >= 0.6 is 0 Å². The Hall–Kier alpha value is -3.01. The Morgan fingerprint density at radius 2 is 1.96 bits per heavy atom. The highest BCUT2D eigenvalue weighted by Gasteiger charge is 2.25. The molecule has 1 amide bonds. The van der Waals surface area contributed by atoms with Crippen LogP contribution in [0.4, 0.5) is 11.4 Å². The number of aromatic nitrogens is 1. The molecule has 4 rings (SSSR count). The van der Waals surface area contributed by atoms with E-state index in [1.807, 2.05) is 37.4 Å². The van der Waals surface area contributed by atoms with Gasteiger partial charge in [-0.2, -0.15) is 0 Å². The van der Waals surface area contributed by atoms with Crippen molar-refractivity contribution in [1.29, 1.82) is 0 Å². The zero-order valence-electron chi connectivity index (χ0n) is 13.1. The van der Waals surface area contributed by atoms with E-state index in [-0.39, 0.29) is 5.91 Å². The van der Waals surface area contributed by atoms with Gasteiger partial charge in [0.05, 0.1) is 0 Å². The minimum Gasteiger partial charge on any atom is -0.399 e. The molecule has 0 fully saturated rings. The molecule has 1 aliphatic rings. The Bertz CT molecular complexity index is 995. The Balaban J connectivity index is 1.98. The zero-order chi connectivity index (χ0) is 16.1. The number of fused-ring (bicyclic) bond motifs is 2. The van der Waals surface area contributed by atoms with E-state index in [0.29, 0.717) is 11.3 Å². The standard InChI is InChI=1S/C19H17N3O/c1-11-14(13-5-3-4-6-18(13)22(11)2)10-16-15-9-12(20)7-8-17(15)21-19(16)23/h3-10H,20H2,1-2H3,(H,21,23). The number of carbonyl (C=O) groups excluding carboxylic acids is 1. The lowest BCUT2D eigenvalue weighted by Crippen LogP contribution is -2.03. The number of amides is 1. The predicted molar refractivity (Wildman–Crippen MR) is 95.0 cm³/mol. The van der Waals surface area contributed by atoms with Gasteiger partial charge in [-0.3, -0.25) is 4.79 Å². The van der Waals surface area contributed by atoms with Crippen LogP contribution in [0.3, 0.4) is 0 Å². The van der Waals surface area contributed by atoms with E-state index in [9.17, 15) is 4.79 Å². The number of hydrogen-bond donors (Lipinski definition) is 2. The molecular formula is C19H17N3O. The lowest BCUT2D eigenvalue weighted by molar-refractivity contribution is -0.110. The Labute approximate surface area is 134 Å². The highest BCUT2D eigenvalue weighted by molar-refractivity contribution is 6.35. The van der Waals surface area contributed by atoms with Gasteiger partial charge in [-0.25, -0.2) is 0 Å². The van der Waals surface area contributed by atoms with Crippen LogP contribution in [0.2, 0.25) is 0 Å². The second-order valence-electron chi connectivity index (χ2n) is 5.89. The van der Waals surface area contributed by atoms with Crippen LogP contribution in [0.15, 0.2) is 42.5 Å². The van der Waals surface area contributed by atoms with Crippen LogP contribution in [-0.4, -0.2) is 10.5 Å². The second kappa shape index (κ2) is 4.74. The maximum atomic E-state index is 12.4. The molecule has 4 nitrogen and oxygen atoms in total. The zero-order valence-corrected chi connectivity index (χ0v) is 13.1. The number of nitrogens with one attached hydrogen (secondary N) is 1. The first-order valence-corrected chi connectivity index (χ1v) is 7.53. The number of rotatable bonds is 1. The first-order chi connectivity index (χ1) is 11.1. The number of para-hydroxylation sites is 1. The molecule has 23 heavy (non-hydrogen) atoms. The summed E-state index contributed by atoms with van der Waals surface area (Å²) in [5.41, 5.74) is 12.2. The topological polar surface area (TPSA) is 60.1 Å². The maximum absolute atomic E-state index is 12.4. The predicted octanol–water partition coefficient (Wildman–Crippen LogP) is 3.56. The van der Waals surface area contributed by atoms with E-state index in [2.05, 4.69) is 28.9 Å². The third kappa shape index (κ3) is 1.95. The fraction of sp³-hybridized carbons (Fsp3) is 0.105. The Kier molecular flexibility index (Phi) is 2.81. The van der Waals surface area contributed by atoms with Crippen molar-refractivity contribution in [2.75, 3.05) is 11.1 Å². The molecule has 114 valence electrons. The van der Waals surface area contributed by atoms with Crippen molar-refractivity contribution in [2.24, 2.45) is 7.05 Å². The third-order valence-electron chi connectivity index (χ3n) is 4.56. The molecule has 4 heteroatoms. The first-order valence-electron chi connectivity index (χ1n) is 7.53. The Morgan fingerprint density at radius 1 is 1.17 bits per heavy atom. The van der Waals surface area contributed by atoms with Gasteiger partial charge in [-0.15, -0.1) is 0 Å². The molecule has 2 aromatic carbocycles. The van der Waals surface area contributed by atoms with E-state index >= 15 is 0 Å². The van der Waals surface area contributed by atoms with Crippen molar-refractivity contribution in [3.8, 4) is 0 Å². The molecule has 0 radical (unpaired) electrons. The third-order valence-corrected chi connectivity index (χ3v) is 4.56. The minimum atomic E-state index is -0.0852. The lowest BCUT2D eigenvalue weighted by atomic mass is 10.0. The number of hydrogen-bond acceptors (Lipinski definition) is 2. The number of nitrogens with zero attached hydrogens (tertiary/aromatic N) is 1. The SMILES string of the molecule is Cc1c(C=C2C(=O)Nc3ccc(N)cc32)c2ccccc2n1C. The van der Waals surface area contributed by atoms with Crippen molar-refractivity contribution in [2.45, 2.75) is 6.92 Å². The summed E-state index contributed by atoms with van der Waals surface area (Å²) >= 11 is 0. The smallest absolute Gasteiger partial charge is 0.256 e. The van der Waals surface area contributed by atoms with Gasteiger partial charge in [-0.05, 0) is 37.3 Å². The molecule has 0 unspecified atom stereocenters. The van der Waals surface area contributed by atoms with Gasteiger partial charge in [0.2, 0.25) is 0 Å². The summed E-state index contributed by atoms with van der Waals surface area (Å²) in [6.07, 6.45) is 1.97. The fourth-order valence-electron chi connectivity index (χ4n) is 3.23. The lowest BCUT2D eigenvalue weighted by Gasteiger charge is -2.01. The monoisotopic (exact) mass is 303 g/mol. The number of nitrogen functional groups attached to an aromatic ring is 1. The molecule has 3 aromatic rings. The van der Waals surface area contributed by atoms with Crippen LogP contribution in [0.25, 0.3) is 22.6 Å². The summed E-state index contributed by atoms with van der Waals surface area (Å²) in [7, 11) is 2.04.